The van der Waals surface area contributed by atoms with Gasteiger partial charge in [-0.05, 0) is 56.2 Å². The highest BCUT2D eigenvalue weighted by Gasteiger charge is 2.19. The number of amides is 2. The van der Waals surface area contributed by atoms with Crippen molar-refractivity contribution in [2.75, 3.05) is 18.5 Å². The van der Waals surface area contributed by atoms with Crippen LogP contribution in [0.4, 0.5) is 5.69 Å². The first-order valence-corrected chi connectivity index (χ1v) is 10.1. The summed E-state index contributed by atoms with van der Waals surface area (Å²) < 4.78 is 11.1. The number of carbonyl (C=O) groups is 2. The summed E-state index contributed by atoms with van der Waals surface area (Å²) in [7, 11) is 0. The number of benzene rings is 2. The summed E-state index contributed by atoms with van der Waals surface area (Å²) in [6.07, 6.45) is 1.24. The van der Waals surface area contributed by atoms with Crippen molar-refractivity contribution in [2.24, 2.45) is 0 Å². The lowest BCUT2D eigenvalue weighted by Crippen LogP contribution is -2.32. The number of carbonyl (C=O) groups excluding carboxylic acids is 2. The van der Waals surface area contributed by atoms with Crippen molar-refractivity contribution in [3.05, 3.63) is 58.1 Å². The quantitative estimate of drug-likeness (QED) is 0.677. The zero-order valence-corrected chi connectivity index (χ0v) is 17.4. The molecule has 0 aliphatic carbocycles. The maximum atomic E-state index is 12.5. The zero-order chi connectivity index (χ0) is 20.8. The van der Waals surface area contributed by atoms with Crippen LogP contribution in [0.5, 0.6) is 5.75 Å². The van der Waals surface area contributed by atoms with Crippen LogP contribution in [-0.2, 0) is 9.53 Å². The maximum Gasteiger partial charge on any atom is 0.265 e. The lowest BCUT2D eigenvalue weighted by atomic mass is 10.1. The molecule has 0 spiro atoms. The molecular formula is C21H22Cl2N2O4. The van der Waals surface area contributed by atoms with Gasteiger partial charge in [0.15, 0.2) is 6.10 Å². The van der Waals surface area contributed by atoms with Crippen molar-refractivity contribution in [1.29, 1.82) is 0 Å². The molecule has 2 aromatic rings. The molecule has 2 amide bonds. The first-order valence-electron chi connectivity index (χ1n) is 9.35. The highest BCUT2D eigenvalue weighted by molar-refractivity contribution is 6.35. The van der Waals surface area contributed by atoms with Crippen LogP contribution in [0.2, 0.25) is 10.0 Å². The monoisotopic (exact) mass is 436 g/mol. The molecular weight excluding hydrogens is 415 g/mol. The van der Waals surface area contributed by atoms with Crippen LogP contribution < -0.4 is 15.4 Å². The van der Waals surface area contributed by atoms with E-state index in [1.807, 2.05) is 0 Å². The summed E-state index contributed by atoms with van der Waals surface area (Å²) in [6.45, 7) is 2.82. The molecule has 0 radical (unpaired) electrons. The van der Waals surface area contributed by atoms with Gasteiger partial charge in [-0.1, -0.05) is 29.3 Å². The minimum atomic E-state index is -0.800. The molecule has 1 aliphatic heterocycles. The van der Waals surface area contributed by atoms with E-state index in [0.29, 0.717) is 33.6 Å². The van der Waals surface area contributed by atoms with Gasteiger partial charge in [-0.25, -0.2) is 0 Å². The Labute approximate surface area is 179 Å². The number of ether oxygens (including phenoxy) is 2. The van der Waals surface area contributed by atoms with Crippen molar-refractivity contribution < 1.29 is 19.1 Å². The highest BCUT2D eigenvalue weighted by atomic mass is 35.5. The molecule has 154 valence electrons. The third-order valence-corrected chi connectivity index (χ3v) is 5.00. The molecule has 1 fully saturated rings. The second-order valence-electron chi connectivity index (χ2n) is 6.75. The summed E-state index contributed by atoms with van der Waals surface area (Å²) in [6, 6.07) is 11.5. The van der Waals surface area contributed by atoms with E-state index in [-0.39, 0.29) is 17.9 Å². The fourth-order valence-corrected chi connectivity index (χ4v) is 3.36. The average molecular weight is 437 g/mol. The first-order chi connectivity index (χ1) is 13.9. The topological polar surface area (TPSA) is 76.7 Å². The van der Waals surface area contributed by atoms with E-state index in [9.17, 15) is 9.59 Å². The van der Waals surface area contributed by atoms with Gasteiger partial charge in [0.25, 0.3) is 11.8 Å². The summed E-state index contributed by atoms with van der Waals surface area (Å²) in [4.78, 5) is 24.8. The molecule has 6 nitrogen and oxygen atoms in total. The third kappa shape index (κ3) is 6.10. The summed E-state index contributed by atoms with van der Waals surface area (Å²) in [5.74, 6) is -0.220. The van der Waals surface area contributed by atoms with Crippen LogP contribution in [0, 0.1) is 0 Å². The minimum Gasteiger partial charge on any atom is -0.479 e. The van der Waals surface area contributed by atoms with E-state index < -0.39 is 6.10 Å². The molecule has 8 heteroatoms. The molecule has 1 saturated heterocycles. The van der Waals surface area contributed by atoms with E-state index in [2.05, 4.69) is 10.6 Å². The van der Waals surface area contributed by atoms with Gasteiger partial charge in [0.2, 0.25) is 0 Å². The molecule has 2 atom stereocenters. The molecule has 0 saturated carbocycles. The van der Waals surface area contributed by atoms with E-state index >= 15 is 0 Å². The first kappa shape index (κ1) is 21.4. The predicted octanol–water partition coefficient (Wildman–Crippen LogP) is 4.31. The number of nitrogens with one attached hydrogen (secondary N) is 2. The summed E-state index contributed by atoms with van der Waals surface area (Å²) in [5.41, 5.74) is 0.951. The Morgan fingerprint density at radius 2 is 2.07 bits per heavy atom. The number of hydrogen-bond donors (Lipinski definition) is 2. The van der Waals surface area contributed by atoms with Crippen LogP contribution in [0.15, 0.2) is 42.5 Å². The number of halogens is 2. The van der Waals surface area contributed by atoms with Gasteiger partial charge in [-0.15, -0.1) is 0 Å². The maximum absolute atomic E-state index is 12.5. The standard InChI is InChI=1S/C21H22Cl2N2O4/c1-13(29-19-8-7-15(22)11-18(19)23)20(26)25-16-5-2-4-14(10-16)21(27)24-12-17-6-3-9-28-17/h2,4-5,7-8,10-11,13,17H,3,6,9,12H2,1H3,(H,24,27)(H,25,26). The third-order valence-electron chi connectivity index (χ3n) is 4.47. The van der Waals surface area contributed by atoms with E-state index in [0.717, 1.165) is 19.4 Å². The van der Waals surface area contributed by atoms with E-state index in [4.69, 9.17) is 32.7 Å². The Morgan fingerprint density at radius 1 is 1.24 bits per heavy atom. The van der Waals surface area contributed by atoms with Gasteiger partial charge >= 0.3 is 0 Å². The van der Waals surface area contributed by atoms with Gasteiger partial charge in [0, 0.05) is 29.4 Å². The van der Waals surface area contributed by atoms with Gasteiger partial charge < -0.3 is 20.1 Å². The molecule has 0 aromatic heterocycles. The normalized spacial score (nSPS) is 16.9. The van der Waals surface area contributed by atoms with Gasteiger partial charge in [-0.3, -0.25) is 9.59 Å². The number of hydrogen-bond acceptors (Lipinski definition) is 4. The van der Waals surface area contributed by atoms with Crippen molar-refractivity contribution in [1.82, 2.24) is 5.32 Å². The zero-order valence-electron chi connectivity index (χ0n) is 15.9. The Kier molecular flexibility index (Phi) is 7.36. The van der Waals surface area contributed by atoms with Crippen LogP contribution >= 0.6 is 23.2 Å². The lowest BCUT2D eigenvalue weighted by Gasteiger charge is -2.16. The van der Waals surface area contributed by atoms with Crippen LogP contribution in [0.25, 0.3) is 0 Å². The molecule has 29 heavy (non-hydrogen) atoms. The van der Waals surface area contributed by atoms with Crippen LogP contribution in [0.1, 0.15) is 30.1 Å². The Balaban J connectivity index is 1.56. The molecule has 2 N–H and O–H groups in total. The van der Waals surface area contributed by atoms with Crippen molar-refractivity contribution in [3.63, 3.8) is 0 Å². The van der Waals surface area contributed by atoms with Crippen LogP contribution in [-0.4, -0.2) is 37.2 Å². The lowest BCUT2D eigenvalue weighted by molar-refractivity contribution is -0.122. The van der Waals surface area contributed by atoms with Crippen LogP contribution in [0.3, 0.4) is 0 Å². The smallest absolute Gasteiger partial charge is 0.265 e. The fraction of sp³-hybridized carbons (Fsp3) is 0.333. The Hall–Kier alpha value is -2.28. The average Bonchev–Trinajstić information content (AvgIpc) is 3.22. The molecule has 0 bridgehead atoms. The van der Waals surface area contributed by atoms with Crippen molar-refractivity contribution >= 4 is 40.7 Å². The van der Waals surface area contributed by atoms with E-state index in [1.165, 1.54) is 0 Å². The minimum absolute atomic E-state index is 0.0690. The van der Waals surface area contributed by atoms with Gasteiger partial charge in [-0.2, -0.15) is 0 Å². The molecule has 1 aliphatic rings. The molecule has 1 heterocycles. The number of rotatable bonds is 7. The largest absolute Gasteiger partial charge is 0.479 e. The molecule has 3 rings (SSSR count). The molecule has 2 aromatic carbocycles. The Bertz CT molecular complexity index is 885. The molecule has 2 unspecified atom stereocenters. The SMILES string of the molecule is CC(Oc1ccc(Cl)cc1Cl)C(=O)Nc1cccc(C(=O)NCC2CCCO2)c1. The fourth-order valence-electron chi connectivity index (χ4n) is 2.91. The van der Waals surface area contributed by atoms with Crippen molar-refractivity contribution in [3.8, 4) is 5.75 Å². The Morgan fingerprint density at radius 3 is 2.79 bits per heavy atom. The predicted molar refractivity (Wildman–Crippen MR) is 113 cm³/mol. The van der Waals surface area contributed by atoms with Gasteiger partial charge in [0.05, 0.1) is 11.1 Å². The summed E-state index contributed by atoms with van der Waals surface area (Å²) >= 11 is 11.9. The van der Waals surface area contributed by atoms with Gasteiger partial charge in [0.1, 0.15) is 5.75 Å². The summed E-state index contributed by atoms with van der Waals surface area (Å²) in [5, 5.41) is 6.41. The second-order valence-corrected chi connectivity index (χ2v) is 7.59. The highest BCUT2D eigenvalue weighted by Crippen LogP contribution is 2.28. The van der Waals surface area contributed by atoms with E-state index in [1.54, 1.807) is 49.4 Å². The second kappa shape index (κ2) is 9.96. The number of anilines is 1. The van der Waals surface area contributed by atoms with Crippen molar-refractivity contribution in [2.45, 2.75) is 32.0 Å².